The Balaban J connectivity index is 1.17. The second kappa shape index (κ2) is 16.2. The Bertz CT molecular complexity index is 2460. The number of para-hydroxylation sites is 2. The first-order valence-electron chi connectivity index (χ1n) is 16.6. The average Bonchev–Trinajstić information content (AvgIpc) is 3.17. The van der Waals surface area contributed by atoms with E-state index in [0.29, 0.717) is 11.4 Å². The van der Waals surface area contributed by atoms with Gasteiger partial charge in [-0.25, -0.2) is 38.8 Å². The molecule has 1 aliphatic rings. The Morgan fingerprint density at radius 2 is 1.04 bits per heavy atom. The van der Waals surface area contributed by atoms with Gasteiger partial charge in [0.05, 0.1) is 11.5 Å². The topological polar surface area (TPSA) is 119 Å². The molecule has 0 saturated carbocycles. The number of hydrogen-bond donors (Lipinski definition) is 3. The molecule has 282 valence electrons. The maximum atomic E-state index is 14.1. The zero-order valence-electron chi connectivity index (χ0n) is 28.6. The lowest BCUT2D eigenvalue weighted by Gasteiger charge is -2.25. The second-order valence-electron chi connectivity index (χ2n) is 12.2. The van der Waals surface area contributed by atoms with Crippen molar-refractivity contribution in [3.63, 3.8) is 0 Å². The fourth-order valence-corrected chi connectivity index (χ4v) is 9.02. The fraction of sp³-hybridized carbons (Fsp3) is 0.0750. The van der Waals surface area contributed by atoms with Gasteiger partial charge in [0, 0.05) is 29.3 Å². The first-order valence-corrected chi connectivity index (χ1v) is 19.7. The van der Waals surface area contributed by atoms with E-state index in [1.807, 2.05) is 109 Å². The van der Waals surface area contributed by atoms with Gasteiger partial charge in [-0.05, 0) is 89.4 Å². The summed E-state index contributed by atoms with van der Waals surface area (Å²) in [4.78, 5) is -0.151. The molecule has 0 unspecified atom stereocenters. The van der Waals surface area contributed by atoms with Crippen molar-refractivity contribution in [3.05, 3.63) is 179 Å². The maximum absolute atomic E-state index is 14.1. The SMILES string of the molecule is N=C1C=CC(=C(c2ccc(NCCCS(=O)(=O)NS(=O)(=O)c3c(F)c(F)c(F)c(F)c3F)cc2)c2ccc(N(c3ccccc3)c3ccccc3)cc2)C=C1. The lowest BCUT2D eigenvalue weighted by Crippen LogP contribution is -2.34. The molecular weight excluding hydrogens is 760 g/mol. The van der Waals surface area contributed by atoms with Crippen LogP contribution in [0.4, 0.5) is 44.7 Å². The van der Waals surface area contributed by atoms with Crippen molar-refractivity contribution in [1.29, 1.82) is 5.41 Å². The summed E-state index contributed by atoms with van der Waals surface area (Å²) in [7, 11) is -10.5. The zero-order valence-corrected chi connectivity index (χ0v) is 30.2. The third kappa shape index (κ3) is 8.75. The van der Waals surface area contributed by atoms with E-state index >= 15 is 0 Å². The Morgan fingerprint density at radius 3 is 1.55 bits per heavy atom. The summed E-state index contributed by atoms with van der Waals surface area (Å²) in [5.74, 6) is -13.9. The van der Waals surface area contributed by atoms with Gasteiger partial charge < -0.3 is 15.6 Å². The molecule has 0 atom stereocenters. The first kappa shape index (κ1) is 38.8. The van der Waals surface area contributed by atoms with Gasteiger partial charge in [0.25, 0.3) is 10.0 Å². The van der Waals surface area contributed by atoms with Gasteiger partial charge in [-0.15, -0.1) is 4.13 Å². The quantitative estimate of drug-likeness (QED) is 0.0475. The normalized spacial score (nSPS) is 12.9. The summed E-state index contributed by atoms with van der Waals surface area (Å²) in [6, 6.07) is 35.3. The minimum atomic E-state index is -5.69. The van der Waals surface area contributed by atoms with Crippen molar-refractivity contribution in [2.75, 3.05) is 22.5 Å². The highest BCUT2D eigenvalue weighted by molar-refractivity contribution is 8.04. The summed E-state index contributed by atoms with van der Waals surface area (Å²) in [5.41, 5.74) is 7.35. The predicted molar refractivity (Wildman–Crippen MR) is 203 cm³/mol. The van der Waals surface area contributed by atoms with E-state index in [-0.39, 0.29) is 13.0 Å². The minimum Gasteiger partial charge on any atom is -0.385 e. The van der Waals surface area contributed by atoms with E-state index in [1.54, 1.807) is 24.3 Å². The number of sulfonamides is 2. The lowest BCUT2D eigenvalue weighted by molar-refractivity contribution is 0.357. The Hall–Kier alpha value is -5.90. The van der Waals surface area contributed by atoms with Crippen molar-refractivity contribution in [1.82, 2.24) is 4.13 Å². The molecule has 0 spiro atoms. The van der Waals surface area contributed by atoms with Crippen LogP contribution in [0.15, 0.2) is 144 Å². The Morgan fingerprint density at radius 1 is 0.582 bits per heavy atom. The molecule has 3 N–H and O–H groups in total. The smallest absolute Gasteiger partial charge is 0.259 e. The van der Waals surface area contributed by atoms with Gasteiger partial charge in [-0.3, -0.25) is 0 Å². The molecular formula is C40H31F5N4O4S2. The molecule has 1 aliphatic carbocycles. The molecule has 15 heteroatoms. The van der Waals surface area contributed by atoms with Gasteiger partial charge in [0.15, 0.2) is 28.2 Å². The third-order valence-electron chi connectivity index (χ3n) is 8.38. The number of anilines is 4. The molecule has 5 aromatic carbocycles. The van der Waals surface area contributed by atoms with Gasteiger partial charge in [0.2, 0.25) is 15.8 Å². The minimum absolute atomic E-state index is 0.00511. The molecule has 8 nitrogen and oxygen atoms in total. The zero-order chi connectivity index (χ0) is 39.3. The van der Waals surface area contributed by atoms with Crippen LogP contribution in [0.2, 0.25) is 0 Å². The standard InChI is InChI=1S/C40H31F5N4O4S2/c41-35-36(42)38(44)40(39(45)37(35)43)55(52,53)48-54(50,51)25-7-24-47-30-20-14-27(15-21-30)34(26-12-18-29(46)19-13-26)28-16-22-33(23-17-28)49(31-8-3-1-4-9-31)32-10-5-2-6-11-32/h1-6,8-23,46-48H,7,24-25H2. The summed E-state index contributed by atoms with van der Waals surface area (Å²) in [5, 5.41) is 11.0. The molecule has 0 aliphatic heterocycles. The van der Waals surface area contributed by atoms with Crippen LogP contribution in [0.5, 0.6) is 0 Å². The van der Waals surface area contributed by atoms with Crippen LogP contribution in [0.3, 0.4) is 0 Å². The van der Waals surface area contributed by atoms with Crippen molar-refractivity contribution in [2.45, 2.75) is 11.3 Å². The molecule has 0 radical (unpaired) electrons. The van der Waals surface area contributed by atoms with Crippen LogP contribution in [0.1, 0.15) is 17.5 Å². The largest absolute Gasteiger partial charge is 0.385 e. The van der Waals surface area contributed by atoms with Crippen molar-refractivity contribution in [2.24, 2.45) is 0 Å². The van der Waals surface area contributed by atoms with Crippen molar-refractivity contribution >= 4 is 54.1 Å². The molecule has 5 aromatic rings. The van der Waals surface area contributed by atoms with Crippen LogP contribution in [-0.4, -0.2) is 34.8 Å². The van der Waals surface area contributed by atoms with Gasteiger partial charge in [0.1, 0.15) is 0 Å². The van der Waals surface area contributed by atoms with Gasteiger partial charge in [-0.2, -0.15) is 0 Å². The maximum Gasteiger partial charge on any atom is 0.259 e. The van der Waals surface area contributed by atoms with E-state index in [1.165, 1.54) is 0 Å². The molecule has 0 saturated heterocycles. The first-order chi connectivity index (χ1) is 26.3. The Labute approximate surface area is 314 Å². The second-order valence-corrected chi connectivity index (χ2v) is 15.9. The van der Waals surface area contributed by atoms with Gasteiger partial charge in [-0.1, -0.05) is 72.8 Å². The van der Waals surface area contributed by atoms with Crippen LogP contribution < -0.4 is 14.3 Å². The monoisotopic (exact) mass is 790 g/mol. The predicted octanol–water partition coefficient (Wildman–Crippen LogP) is 8.91. The molecule has 0 fully saturated rings. The van der Waals surface area contributed by atoms with E-state index < -0.39 is 59.8 Å². The van der Waals surface area contributed by atoms with Crippen molar-refractivity contribution < 1.29 is 38.8 Å². The van der Waals surface area contributed by atoms with Crippen LogP contribution in [0, 0.1) is 34.5 Å². The fourth-order valence-electron chi connectivity index (χ4n) is 5.84. The van der Waals surface area contributed by atoms with Gasteiger partial charge >= 0.3 is 0 Å². The van der Waals surface area contributed by atoms with E-state index in [4.69, 9.17) is 5.41 Å². The molecule has 6 rings (SSSR count). The third-order valence-corrected chi connectivity index (χ3v) is 12.0. The average molecular weight is 791 g/mol. The highest BCUT2D eigenvalue weighted by atomic mass is 32.3. The summed E-state index contributed by atoms with van der Waals surface area (Å²) < 4.78 is 119. The lowest BCUT2D eigenvalue weighted by atomic mass is 9.90. The number of nitrogens with one attached hydrogen (secondary N) is 3. The molecule has 0 amide bonds. The number of nitrogens with zero attached hydrogens (tertiary/aromatic N) is 1. The van der Waals surface area contributed by atoms with E-state index in [9.17, 15) is 38.8 Å². The van der Waals surface area contributed by atoms with Crippen LogP contribution in [0.25, 0.3) is 5.57 Å². The number of allylic oxidation sites excluding steroid dienone is 5. The Kier molecular flexibility index (Phi) is 11.4. The highest BCUT2D eigenvalue weighted by Gasteiger charge is 2.35. The summed E-state index contributed by atoms with van der Waals surface area (Å²) in [6.07, 6.45) is 6.92. The highest BCUT2D eigenvalue weighted by Crippen LogP contribution is 2.37. The van der Waals surface area contributed by atoms with E-state index in [2.05, 4.69) is 10.2 Å². The molecule has 55 heavy (non-hydrogen) atoms. The van der Waals surface area contributed by atoms with Crippen LogP contribution in [-0.2, 0) is 20.0 Å². The number of benzene rings is 5. The number of hydrogen-bond acceptors (Lipinski definition) is 7. The molecule has 0 bridgehead atoms. The summed E-state index contributed by atoms with van der Waals surface area (Å²) in [6.45, 7) is 0.00511. The van der Waals surface area contributed by atoms with E-state index in [0.717, 1.165) is 43.5 Å². The van der Waals surface area contributed by atoms with Crippen LogP contribution >= 0.6 is 0 Å². The molecule has 0 aromatic heterocycles. The number of rotatable bonds is 13. The molecule has 0 heterocycles. The summed E-state index contributed by atoms with van der Waals surface area (Å²) >= 11 is 0. The number of halogens is 5. The van der Waals surface area contributed by atoms with Crippen molar-refractivity contribution in [3.8, 4) is 0 Å².